The molecule has 0 saturated carbocycles. The molecule has 0 radical (unpaired) electrons. The molecule has 1 N–H and O–H groups in total. The van der Waals surface area contributed by atoms with Crippen LogP contribution in [0.3, 0.4) is 0 Å². The van der Waals surface area contributed by atoms with E-state index in [0.717, 1.165) is 48.3 Å². The van der Waals surface area contributed by atoms with Crippen LogP contribution in [0.4, 0.5) is 11.4 Å². The van der Waals surface area contributed by atoms with Crippen LogP contribution in [-0.4, -0.2) is 50.2 Å². The Hall–Kier alpha value is -3.33. The Balaban J connectivity index is 1.42. The highest BCUT2D eigenvalue weighted by atomic mass is 32.2. The summed E-state index contributed by atoms with van der Waals surface area (Å²) in [7, 11) is -1.58. The number of fused-ring (bicyclic) bond motifs is 2. The third-order valence-electron chi connectivity index (χ3n) is 7.19. The van der Waals surface area contributed by atoms with Crippen LogP contribution < -0.4 is 10.2 Å². The van der Waals surface area contributed by atoms with E-state index < -0.39 is 10.0 Å². The molecule has 0 bridgehead atoms. The molecule has 8 heteroatoms. The fourth-order valence-electron chi connectivity index (χ4n) is 5.16. The van der Waals surface area contributed by atoms with Crippen molar-refractivity contribution < 1.29 is 13.2 Å². The number of hydrogen-bond donors (Lipinski definition) is 1. The Morgan fingerprint density at radius 1 is 0.944 bits per heavy atom. The van der Waals surface area contributed by atoms with Gasteiger partial charge in [0.05, 0.1) is 34.6 Å². The molecule has 186 valence electrons. The molecular weight excluding hydrogens is 472 g/mol. The molecule has 3 heterocycles. The maximum absolute atomic E-state index is 13.5. The summed E-state index contributed by atoms with van der Waals surface area (Å²) in [6.07, 6.45) is 3.36. The summed E-state index contributed by atoms with van der Waals surface area (Å²) < 4.78 is 35.1. The molecule has 6 rings (SSSR count). The topological polar surface area (TPSA) is 66.8 Å². The van der Waals surface area contributed by atoms with Crippen LogP contribution in [0.1, 0.15) is 24.6 Å². The minimum Gasteiger partial charge on any atom is -0.366 e. The second-order valence-corrected chi connectivity index (χ2v) is 11.4. The molecular formula is C28H30N4O3S. The molecule has 0 amide bonds. The maximum atomic E-state index is 13.5. The largest absolute Gasteiger partial charge is 0.366 e. The van der Waals surface area contributed by atoms with Gasteiger partial charge < -0.3 is 19.9 Å². The fraction of sp³-hybridized carbons (Fsp3) is 0.286. The Bertz CT molecular complexity index is 1480. The lowest BCUT2D eigenvalue weighted by atomic mass is 10.1. The number of piperidine rings is 1. The summed E-state index contributed by atoms with van der Waals surface area (Å²) in [6.45, 7) is 2.63. The summed E-state index contributed by atoms with van der Waals surface area (Å²) in [6, 6.07) is 24.7. The van der Waals surface area contributed by atoms with Gasteiger partial charge in [-0.2, -0.15) is 0 Å². The molecule has 2 aliphatic rings. The van der Waals surface area contributed by atoms with Crippen molar-refractivity contribution in [1.29, 1.82) is 0 Å². The average molecular weight is 503 g/mol. The third-order valence-corrected chi connectivity index (χ3v) is 8.89. The van der Waals surface area contributed by atoms with Crippen LogP contribution in [0, 0.1) is 0 Å². The maximum Gasteiger partial charge on any atom is 0.268 e. The predicted molar refractivity (Wildman–Crippen MR) is 143 cm³/mol. The third kappa shape index (κ3) is 4.15. The summed E-state index contributed by atoms with van der Waals surface area (Å²) in [5.74, 6) is 0. The Morgan fingerprint density at radius 2 is 1.69 bits per heavy atom. The molecule has 1 unspecified atom stereocenters. The van der Waals surface area contributed by atoms with Gasteiger partial charge in [-0.15, -0.1) is 0 Å². The second kappa shape index (κ2) is 9.28. The zero-order valence-corrected chi connectivity index (χ0v) is 21.1. The first kappa shape index (κ1) is 23.1. The highest BCUT2D eigenvalue weighted by Crippen LogP contribution is 2.39. The minimum absolute atomic E-state index is 0.134. The molecule has 36 heavy (non-hydrogen) atoms. The van der Waals surface area contributed by atoms with E-state index in [1.807, 2.05) is 36.4 Å². The van der Waals surface area contributed by atoms with Crippen LogP contribution in [0.15, 0.2) is 90.0 Å². The van der Waals surface area contributed by atoms with Crippen molar-refractivity contribution in [2.45, 2.75) is 30.1 Å². The average Bonchev–Trinajstić information content (AvgIpc) is 3.53. The minimum atomic E-state index is -3.72. The summed E-state index contributed by atoms with van der Waals surface area (Å²) >= 11 is 0. The van der Waals surface area contributed by atoms with E-state index in [1.165, 1.54) is 3.97 Å². The fourth-order valence-corrected chi connectivity index (χ4v) is 6.53. The second-order valence-electron chi connectivity index (χ2n) is 9.56. The molecule has 1 saturated heterocycles. The van der Waals surface area contributed by atoms with E-state index in [9.17, 15) is 8.42 Å². The SMILES string of the molecule is CN1CCC(OC(c2ccc3ccn(S(=O)(=O)c4ccccc4)c3c2)N2CNc3ccccc32)CC1. The van der Waals surface area contributed by atoms with Crippen molar-refractivity contribution in [3.63, 3.8) is 0 Å². The van der Waals surface area contributed by atoms with E-state index in [-0.39, 0.29) is 17.2 Å². The van der Waals surface area contributed by atoms with Crippen LogP contribution in [0.25, 0.3) is 10.9 Å². The smallest absolute Gasteiger partial charge is 0.268 e. The van der Waals surface area contributed by atoms with E-state index in [2.05, 4.69) is 40.4 Å². The number of nitrogens with one attached hydrogen (secondary N) is 1. The molecule has 0 spiro atoms. The molecule has 0 aliphatic carbocycles. The molecule has 1 fully saturated rings. The Labute approximate surface area is 211 Å². The number of hydrogen-bond acceptors (Lipinski definition) is 6. The highest BCUT2D eigenvalue weighted by Gasteiger charge is 2.31. The lowest BCUT2D eigenvalue weighted by Gasteiger charge is -2.36. The quantitative estimate of drug-likeness (QED) is 0.406. The Morgan fingerprint density at radius 3 is 2.50 bits per heavy atom. The highest BCUT2D eigenvalue weighted by molar-refractivity contribution is 7.90. The lowest BCUT2D eigenvalue weighted by Crippen LogP contribution is -2.38. The molecule has 4 aromatic rings. The van der Waals surface area contributed by atoms with Gasteiger partial charge >= 0.3 is 0 Å². The first-order valence-corrected chi connectivity index (χ1v) is 13.8. The molecule has 2 aliphatic heterocycles. The van der Waals surface area contributed by atoms with Gasteiger partial charge in [-0.1, -0.05) is 42.5 Å². The Kier molecular flexibility index (Phi) is 5.95. The molecule has 1 atom stereocenters. The van der Waals surface area contributed by atoms with Gasteiger partial charge in [0.25, 0.3) is 10.0 Å². The van der Waals surface area contributed by atoms with Crippen molar-refractivity contribution in [2.75, 3.05) is 37.0 Å². The van der Waals surface area contributed by atoms with E-state index in [0.29, 0.717) is 12.2 Å². The lowest BCUT2D eigenvalue weighted by molar-refractivity contribution is -0.0412. The van der Waals surface area contributed by atoms with Gasteiger partial charge in [0.15, 0.2) is 6.23 Å². The summed E-state index contributed by atoms with van der Waals surface area (Å²) in [4.78, 5) is 4.83. The number of likely N-dealkylation sites (tertiary alicyclic amines) is 1. The van der Waals surface area contributed by atoms with Crippen LogP contribution in [0.5, 0.6) is 0 Å². The van der Waals surface area contributed by atoms with Crippen molar-refractivity contribution in [1.82, 2.24) is 8.87 Å². The predicted octanol–water partition coefficient (Wildman–Crippen LogP) is 4.88. The van der Waals surface area contributed by atoms with Crippen molar-refractivity contribution in [2.24, 2.45) is 0 Å². The van der Waals surface area contributed by atoms with Gasteiger partial charge in [0.2, 0.25) is 0 Å². The van der Waals surface area contributed by atoms with Crippen LogP contribution in [-0.2, 0) is 14.8 Å². The van der Waals surface area contributed by atoms with Crippen LogP contribution in [0.2, 0.25) is 0 Å². The first-order valence-electron chi connectivity index (χ1n) is 12.4. The number of benzene rings is 3. The zero-order valence-electron chi connectivity index (χ0n) is 20.2. The van der Waals surface area contributed by atoms with Crippen molar-refractivity contribution in [3.8, 4) is 0 Å². The van der Waals surface area contributed by atoms with Gasteiger partial charge in [-0.25, -0.2) is 12.4 Å². The molecule has 1 aromatic heterocycles. The summed E-state index contributed by atoms with van der Waals surface area (Å²) in [5, 5.41) is 4.34. The zero-order chi connectivity index (χ0) is 24.7. The van der Waals surface area contributed by atoms with Gasteiger partial charge in [-0.05, 0) is 56.3 Å². The number of nitrogens with zero attached hydrogens (tertiary/aromatic N) is 3. The molecule has 7 nitrogen and oxygen atoms in total. The number of aromatic nitrogens is 1. The number of anilines is 2. The molecule has 3 aromatic carbocycles. The first-order chi connectivity index (χ1) is 17.5. The standard InChI is InChI=1S/C28H30N4O3S/c1-30-16-14-23(15-17-30)35-28(31-20-29-25-9-5-6-10-26(25)31)22-12-11-21-13-18-32(27(21)19-22)36(33,34)24-7-3-2-4-8-24/h2-13,18-19,23,28-29H,14-17,20H2,1H3. The van der Waals surface area contributed by atoms with E-state index >= 15 is 0 Å². The van der Waals surface area contributed by atoms with Crippen molar-refractivity contribution in [3.05, 3.63) is 90.6 Å². The number of rotatable bonds is 6. The van der Waals surface area contributed by atoms with Gasteiger partial charge in [-0.3, -0.25) is 0 Å². The van der Waals surface area contributed by atoms with E-state index in [1.54, 1.807) is 30.5 Å². The van der Waals surface area contributed by atoms with E-state index in [4.69, 9.17) is 4.74 Å². The normalized spacial score (nSPS) is 17.8. The monoisotopic (exact) mass is 502 g/mol. The van der Waals surface area contributed by atoms with Crippen LogP contribution >= 0.6 is 0 Å². The van der Waals surface area contributed by atoms with Gasteiger partial charge in [0, 0.05) is 30.2 Å². The summed E-state index contributed by atoms with van der Waals surface area (Å²) in [5.41, 5.74) is 3.74. The van der Waals surface area contributed by atoms with Gasteiger partial charge in [0.1, 0.15) is 0 Å². The van der Waals surface area contributed by atoms with Crippen molar-refractivity contribution >= 4 is 32.3 Å². The number of para-hydroxylation sites is 2. The number of ether oxygens (including phenoxy) is 1.